The first-order chi connectivity index (χ1) is 8.12. The molecular formula is C10H8F6O2. The van der Waals surface area contributed by atoms with Gasteiger partial charge in [0.1, 0.15) is 11.3 Å². The standard InChI is InChI=1S/C10H8F6O2/c1-18-8-6(9(11,12)13)3-2-5(4-17)7(8)10(14,15)16/h2-3,17H,4H2,1H3. The van der Waals surface area contributed by atoms with Gasteiger partial charge in [0.05, 0.1) is 19.3 Å². The summed E-state index contributed by atoms with van der Waals surface area (Å²) in [5, 5.41) is 8.76. The number of benzene rings is 1. The Morgan fingerprint density at radius 3 is 1.94 bits per heavy atom. The van der Waals surface area contributed by atoms with Crippen LogP contribution in [0.4, 0.5) is 26.3 Å². The molecule has 0 spiro atoms. The second-order valence-corrected chi connectivity index (χ2v) is 3.33. The Kier molecular flexibility index (Phi) is 3.80. The number of aliphatic hydroxyl groups excluding tert-OH is 1. The molecule has 0 amide bonds. The average molecular weight is 274 g/mol. The number of alkyl halides is 6. The molecule has 0 radical (unpaired) electrons. The van der Waals surface area contributed by atoms with Crippen molar-refractivity contribution in [2.45, 2.75) is 19.0 Å². The molecule has 0 saturated heterocycles. The zero-order valence-corrected chi connectivity index (χ0v) is 8.99. The molecule has 2 nitrogen and oxygen atoms in total. The Bertz CT molecular complexity index is 435. The molecule has 1 aromatic rings. The highest BCUT2D eigenvalue weighted by molar-refractivity contribution is 5.49. The van der Waals surface area contributed by atoms with Gasteiger partial charge in [0.15, 0.2) is 0 Å². The fraction of sp³-hybridized carbons (Fsp3) is 0.400. The van der Waals surface area contributed by atoms with Gasteiger partial charge in [-0.3, -0.25) is 0 Å². The summed E-state index contributed by atoms with van der Waals surface area (Å²) in [4.78, 5) is 0. The molecule has 0 aliphatic carbocycles. The van der Waals surface area contributed by atoms with E-state index in [2.05, 4.69) is 4.74 Å². The Morgan fingerprint density at radius 1 is 1.06 bits per heavy atom. The normalized spacial score (nSPS) is 12.7. The van der Waals surface area contributed by atoms with Gasteiger partial charge in [0.2, 0.25) is 0 Å². The van der Waals surface area contributed by atoms with Crippen LogP contribution in [0.25, 0.3) is 0 Å². The maximum absolute atomic E-state index is 12.7. The second-order valence-electron chi connectivity index (χ2n) is 3.33. The number of methoxy groups -OCH3 is 1. The Labute approximate surface area is 97.8 Å². The third kappa shape index (κ3) is 2.69. The minimum Gasteiger partial charge on any atom is -0.495 e. The van der Waals surface area contributed by atoms with Gasteiger partial charge in [-0.15, -0.1) is 0 Å². The molecule has 102 valence electrons. The van der Waals surface area contributed by atoms with Crippen molar-refractivity contribution in [1.29, 1.82) is 0 Å². The van der Waals surface area contributed by atoms with Crippen LogP contribution < -0.4 is 4.74 Å². The molecule has 0 atom stereocenters. The molecule has 18 heavy (non-hydrogen) atoms. The van der Waals surface area contributed by atoms with Crippen LogP contribution in [-0.2, 0) is 19.0 Å². The third-order valence-electron chi connectivity index (χ3n) is 2.21. The van der Waals surface area contributed by atoms with Gasteiger partial charge in [-0.05, 0) is 11.6 Å². The van der Waals surface area contributed by atoms with Crippen LogP contribution in [0.15, 0.2) is 12.1 Å². The highest BCUT2D eigenvalue weighted by Gasteiger charge is 2.43. The first-order valence-electron chi connectivity index (χ1n) is 4.58. The van der Waals surface area contributed by atoms with Crippen molar-refractivity contribution in [1.82, 2.24) is 0 Å². The Morgan fingerprint density at radius 2 is 1.61 bits per heavy atom. The van der Waals surface area contributed by atoms with Crippen molar-refractivity contribution < 1.29 is 36.2 Å². The van der Waals surface area contributed by atoms with Crippen molar-refractivity contribution in [3.05, 3.63) is 28.8 Å². The number of hydrogen-bond acceptors (Lipinski definition) is 2. The van der Waals surface area contributed by atoms with Gasteiger partial charge in [-0.25, -0.2) is 0 Å². The zero-order chi connectivity index (χ0) is 14.1. The zero-order valence-electron chi connectivity index (χ0n) is 8.99. The van der Waals surface area contributed by atoms with Crippen LogP contribution in [0.2, 0.25) is 0 Å². The summed E-state index contributed by atoms with van der Waals surface area (Å²) in [7, 11) is 0.709. The van der Waals surface area contributed by atoms with Gasteiger partial charge in [0.25, 0.3) is 0 Å². The van der Waals surface area contributed by atoms with E-state index >= 15 is 0 Å². The maximum atomic E-state index is 12.7. The van der Waals surface area contributed by atoms with E-state index in [0.717, 1.165) is 0 Å². The van der Waals surface area contributed by atoms with Crippen molar-refractivity contribution in [2.24, 2.45) is 0 Å². The van der Waals surface area contributed by atoms with Gasteiger partial charge in [-0.1, -0.05) is 6.07 Å². The summed E-state index contributed by atoms with van der Waals surface area (Å²) in [6.45, 7) is -1.04. The smallest absolute Gasteiger partial charge is 0.420 e. The van der Waals surface area contributed by atoms with Crippen molar-refractivity contribution >= 4 is 0 Å². The maximum Gasteiger partial charge on any atom is 0.420 e. The molecule has 0 aliphatic heterocycles. The number of halogens is 6. The third-order valence-corrected chi connectivity index (χ3v) is 2.21. The summed E-state index contributed by atoms with van der Waals surface area (Å²) >= 11 is 0. The van der Waals surface area contributed by atoms with Crippen LogP contribution >= 0.6 is 0 Å². The van der Waals surface area contributed by atoms with Crippen LogP contribution in [0, 0.1) is 0 Å². The first kappa shape index (κ1) is 14.6. The largest absolute Gasteiger partial charge is 0.495 e. The SMILES string of the molecule is COc1c(C(F)(F)F)ccc(CO)c1C(F)(F)F. The Hall–Kier alpha value is -1.44. The molecule has 8 heteroatoms. The summed E-state index contributed by atoms with van der Waals surface area (Å²) in [5.41, 5.74) is -3.82. The van der Waals surface area contributed by atoms with Crippen LogP contribution in [0.1, 0.15) is 16.7 Å². The fourth-order valence-electron chi connectivity index (χ4n) is 1.50. The summed E-state index contributed by atoms with van der Waals surface area (Å²) < 4.78 is 79.9. The molecular weight excluding hydrogens is 266 g/mol. The average Bonchev–Trinajstić information content (AvgIpc) is 2.24. The van der Waals surface area contributed by atoms with E-state index in [1.807, 2.05) is 0 Å². The molecule has 1 N–H and O–H groups in total. The lowest BCUT2D eigenvalue weighted by atomic mass is 10.0. The molecule has 0 saturated carbocycles. The van der Waals surface area contributed by atoms with Crippen molar-refractivity contribution in [2.75, 3.05) is 7.11 Å². The van der Waals surface area contributed by atoms with E-state index in [-0.39, 0.29) is 0 Å². The predicted octanol–water partition coefficient (Wildman–Crippen LogP) is 3.23. The van der Waals surface area contributed by atoms with Gasteiger partial charge in [-0.2, -0.15) is 26.3 Å². The lowest BCUT2D eigenvalue weighted by Crippen LogP contribution is -2.16. The van der Waals surface area contributed by atoms with Gasteiger partial charge < -0.3 is 9.84 Å². The van der Waals surface area contributed by atoms with Crippen LogP contribution in [-0.4, -0.2) is 12.2 Å². The number of ether oxygens (including phenoxy) is 1. The van der Waals surface area contributed by atoms with Crippen molar-refractivity contribution in [3.8, 4) is 5.75 Å². The quantitative estimate of drug-likeness (QED) is 0.839. The molecule has 0 bridgehead atoms. The summed E-state index contributed by atoms with van der Waals surface area (Å²) in [6, 6.07) is 1.02. The minimum absolute atomic E-state index is 0.444. The minimum atomic E-state index is -5.05. The molecule has 0 fully saturated rings. The lowest BCUT2D eigenvalue weighted by Gasteiger charge is -2.19. The highest BCUT2D eigenvalue weighted by Crippen LogP contribution is 2.45. The Balaban J connectivity index is 3.64. The van der Waals surface area contributed by atoms with E-state index in [9.17, 15) is 26.3 Å². The van der Waals surface area contributed by atoms with E-state index in [0.29, 0.717) is 19.2 Å². The lowest BCUT2D eigenvalue weighted by molar-refractivity contribution is -0.146. The van der Waals surface area contributed by atoms with E-state index in [1.165, 1.54) is 0 Å². The van der Waals surface area contributed by atoms with Crippen LogP contribution in [0.5, 0.6) is 5.75 Å². The molecule has 0 heterocycles. The van der Waals surface area contributed by atoms with Gasteiger partial charge in [0, 0.05) is 0 Å². The summed E-state index contributed by atoms with van der Waals surface area (Å²) in [5.74, 6) is -1.33. The topological polar surface area (TPSA) is 29.5 Å². The molecule has 0 aliphatic rings. The van der Waals surface area contributed by atoms with Crippen LogP contribution in [0.3, 0.4) is 0 Å². The monoisotopic (exact) mass is 274 g/mol. The predicted molar refractivity (Wildman–Crippen MR) is 48.9 cm³/mol. The van der Waals surface area contributed by atoms with E-state index in [4.69, 9.17) is 5.11 Å². The highest BCUT2D eigenvalue weighted by atomic mass is 19.4. The number of hydrogen-bond donors (Lipinski definition) is 1. The number of rotatable bonds is 2. The van der Waals surface area contributed by atoms with Crippen molar-refractivity contribution in [3.63, 3.8) is 0 Å². The summed E-state index contributed by atoms with van der Waals surface area (Å²) in [6.07, 6.45) is -10.0. The molecule has 1 rings (SSSR count). The molecule has 0 aromatic heterocycles. The second kappa shape index (κ2) is 4.68. The fourth-order valence-corrected chi connectivity index (χ4v) is 1.50. The molecule has 1 aromatic carbocycles. The van der Waals surface area contributed by atoms with E-state index in [1.54, 1.807) is 0 Å². The molecule has 0 unspecified atom stereocenters. The first-order valence-corrected chi connectivity index (χ1v) is 4.58. The number of aliphatic hydroxyl groups is 1. The van der Waals surface area contributed by atoms with E-state index < -0.39 is 41.4 Å². The van der Waals surface area contributed by atoms with Gasteiger partial charge >= 0.3 is 12.4 Å².